The number of rotatable bonds is 7. The first-order valence-electron chi connectivity index (χ1n) is 9.69. The molecule has 0 spiro atoms. The second kappa shape index (κ2) is 11.1. The zero-order valence-electron chi connectivity index (χ0n) is 16.2. The highest BCUT2D eigenvalue weighted by molar-refractivity contribution is 5.80. The van der Waals surface area contributed by atoms with E-state index in [0.717, 1.165) is 32.0 Å². The largest absolute Gasteiger partial charge is 0.357 e. The number of nitrogens with zero attached hydrogens (tertiary/aromatic N) is 3. The van der Waals surface area contributed by atoms with Gasteiger partial charge in [0.2, 0.25) is 0 Å². The molecule has 2 rings (SSSR count). The van der Waals surface area contributed by atoms with Crippen LogP contribution in [0.4, 0.5) is 0 Å². The van der Waals surface area contributed by atoms with E-state index in [0.29, 0.717) is 0 Å². The van der Waals surface area contributed by atoms with E-state index >= 15 is 0 Å². The second-order valence-corrected chi connectivity index (χ2v) is 6.89. The minimum absolute atomic E-state index is 0.250. The van der Waals surface area contributed by atoms with Gasteiger partial charge in [-0.2, -0.15) is 0 Å². The summed E-state index contributed by atoms with van der Waals surface area (Å²) in [6.45, 7) is 12.0. The standard InChI is InChI=1S/C20H35N5/c1-4-21-20(23-18(2)19-10-6-5-7-11-19)22-12-8-14-25-15-9-13-24(3)16-17-25/h5-7,10-11,18H,4,8-9,12-17H2,1-3H3,(H2,21,22,23). The van der Waals surface area contributed by atoms with Crippen LogP contribution in [0.2, 0.25) is 0 Å². The van der Waals surface area contributed by atoms with Gasteiger partial charge in [-0.05, 0) is 58.9 Å². The van der Waals surface area contributed by atoms with Crippen LogP contribution in [0.3, 0.4) is 0 Å². The van der Waals surface area contributed by atoms with Crippen LogP contribution < -0.4 is 10.6 Å². The molecule has 5 nitrogen and oxygen atoms in total. The Bertz CT molecular complexity index is 502. The molecule has 0 saturated carbocycles. The summed E-state index contributed by atoms with van der Waals surface area (Å²) in [4.78, 5) is 9.76. The molecule has 1 heterocycles. The van der Waals surface area contributed by atoms with Crippen LogP contribution in [-0.2, 0) is 0 Å². The SMILES string of the molecule is CCNC(=NCCCN1CCCN(C)CC1)NC(C)c1ccccc1. The van der Waals surface area contributed by atoms with Crippen molar-refractivity contribution in [1.82, 2.24) is 20.4 Å². The highest BCUT2D eigenvalue weighted by Gasteiger charge is 2.11. The predicted octanol–water partition coefficient (Wildman–Crippen LogP) is 2.33. The summed E-state index contributed by atoms with van der Waals surface area (Å²) in [7, 11) is 2.22. The fourth-order valence-corrected chi connectivity index (χ4v) is 3.16. The van der Waals surface area contributed by atoms with E-state index in [1.807, 2.05) is 0 Å². The Labute approximate surface area is 153 Å². The summed E-state index contributed by atoms with van der Waals surface area (Å²) in [6, 6.07) is 10.8. The van der Waals surface area contributed by atoms with Gasteiger partial charge in [0.1, 0.15) is 0 Å². The van der Waals surface area contributed by atoms with Crippen LogP contribution in [0.5, 0.6) is 0 Å². The van der Waals surface area contributed by atoms with Crippen LogP contribution in [-0.4, -0.2) is 68.6 Å². The lowest BCUT2D eigenvalue weighted by molar-refractivity contribution is 0.275. The maximum Gasteiger partial charge on any atom is 0.191 e. The molecule has 1 aromatic rings. The third kappa shape index (κ3) is 7.45. The quantitative estimate of drug-likeness (QED) is 0.452. The van der Waals surface area contributed by atoms with E-state index in [1.165, 1.54) is 38.2 Å². The van der Waals surface area contributed by atoms with E-state index in [-0.39, 0.29) is 6.04 Å². The van der Waals surface area contributed by atoms with E-state index in [1.54, 1.807) is 0 Å². The minimum Gasteiger partial charge on any atom is -0.357 e. The first-order chi connectivity index (χ1) is 12.2. The molecule has 1 aliphatic rings. The minimum atomic E-state index is 0.250. The fourth-order valence-electron chi connectivity index (χ4n) is 3.16. The molecule has 1 aromatic carbocycles. The maximum atomic E-state index is 4.76. The average Bonchev–Trinajstić information content (AvgIpc) is 2.84. The molecule has 1 unspecified atom stereocenters. The summed E-state index contributed by atoms with van der Waals surface area (Å²) >= 11 is 0. The van der Waals surface area contributed by atoms with Crippen molar-refractivity contribution in [2.24, 2.45) is 4.99 Å². The van der Waals surface area contributed by atoms with Crippen molar-refractivity contribution in [3.8, 4) is 0 Å². The van der Waals surface area contributed by atoms with E-state index in [2.05, 4.69) is 71.7 Å². The van der Waals surface area contributed by atoms with Crippen molar-refractivity contribution in [3.05, 3.63) is 35.9 Å². The maximum absolute atomic E-state index is 4.76. The lowest BCUT2D eigenvalue weighted by Crippen LogP contribution is -2.39. The molecule has 0 amide bonds. The summed E-state index contributed by atoms with van der Waals surface area (Å²) < 4.78 is 0. The van der Waals surface area contributed by atoms with Gasteiger partial charge in [0.15, 0.2) is 5.96 Å². The molecule has 25 heavy (non-hydrogen) atoms. The zero-order chi connectivity index (χ0) is 17.9. The van der Waals surface area contributed by atoms with Crippen LogP contribution in [0.15, 0.2) is 35.3 Å². The van der Waals surface area contributed by atoms with Crippen molar-refractivity contribution in [2.45, 2.75) is 32.7 Å². The fraction of sp³-hybridized carbons (Fsp3) is 0.650. The third-order valence-corrected chi connectivity index (χ3v) is 4.71. The number of benzene rings is 1. The molecule has 2 N–H and O–H groups in total. The Morgan fingerprint density at radius 1 is 1.16 bits per heavy atom. The molecule has 140 valence electrons. The van der Waals surface area contributed by atoms with Crippen molar-refractivity contribution in [2.75, 3.05) is 52.9 Å². The van der Waals surface area contributed by atoms with Gasteiger partial charge in [0.25, 0.3) is 0 Å². The van der Waals surface area contributed by atoms with Crippen molar-refractivity contribution in [1.29, 1.82) is 0 Å². The normalized spacial score (nSPS) is 18.6. The average molecular weight is 346 g/mol. The Hall–Kier alpha value is -1.59. The Balaban J connectivity index is 1.77. The Morgan fingerprint density at radius 2 is 1.96 bits per heavy atom. The molecule has 0 aliphatic carbocycles. The summed E-state index contributed by atoms with van der Waals surface area (Å²) in [5, 5.41) is 6.86. The van der Waals surface area contributed by atoms with Gasteiger partial charge in [-0.15, -0.1) is 0 Å². The topological polar surface area (TPSA) is 42.9 Å². The number of hydrogen-bond acceptors (Lipinski definition) is 3. The third-order valence-electron chi connectivity index (χ3n) is 4.71. The van der Waals surface area contributed by atoms with Gasteiger partial charge in [0, 0.05) is 26.2 Å². The summed E-state index contributed by atoms with van der Waals surface area (Å²) in [5.74, 6) is 0.912. The molecule has 0 radical (unpaired) electrons. The van der Waals surface area contributed by atoms with Crippen LogP contribution in [0, 0.1) is 0 Å². The van der Waals surface area contributed by atoms with Crippen molar-refractivity contribution < 1.29 is 0 Å². The monoisotopic (exact) mass is 345 g/mol. The molecule has 5 heteroatoms. The smallest absolute Gasteiger partial charge is 0.191 e. The van der Waals surface area contributed by atoms with Crippen molar-refractivity contribution >= 4 is 5.96 Å². The molecular formula is C20H35N5. The second-order valence-electron chi connectivity index (χ2n) is 6.89. The van der Waals surface area contributed by atoms with Crippen LogP contribution in [0.25, 0.3) is 0 Å². The molecular weight excluding hydrogens is 310 g/mol. The number of guanidine groups is 1. The molecule has 1 atom stereocenters. The molecule has 1 saturated heterocycles. The molecule has 1 fully saturated rings. The highest BCUT2D eigenvalue weighted by Crippen LogP contribution is 2.10. The lowest BCUT2D eigenvalue weighted by Gasteiger charge is -2.20. The van der Waals surface area contributed by atoms with E-state index in [9.17, 15) is 0 Å². The number of hydrogen-bond donors (Lipinski definition) is 2. The van der Waals surface area contributed by atoms with Gasteiger partial charge in [-0.1, -0.05) is 30.3 Å². The first-order valence-corrected chi connectivity index (χ1v) is 9.69. The Morgan fingerprint density at radius 3 is 2.72 bits per heavy atom. The van der Waals surface area contributed by atoms with Crippen LogP contribution in [0.1, 0.15) is 38.3 Å². The van der Waals surface area contributed by atoms with E-state index in [4.69, 9.17) is 4.99 Å². The highest BCUT2D eigenvalue weighted by atomic mass is 15.2. The number of nitrogens with one attached hydrogen (secondary N) is 2. The van der Waals surface area contributed by atoms with Crippen molar-refractivity contribution in [3.63, 3.8) is 0 Å². The predicted molar refractivity (Wildman–Crippen MR) is 107 cm³/mol. The Kier molecular flexibility index (Phi) is 8.77. The van der Waals surface area contributed by atoms with Gasteiger partial charge in [0.05, 0.1) is 6.04 Å². The van der Waals surface area contributed by atoms with Crippen LogP contribution >= 0.6 is 0 Å². The van der Waals surface area contributed by atoms with Gasteiger partial charge < -0.3 is 20.4 Å². The number of aliphatic imine (C=N–C) groups is 1. The molecule has 0 aromatic heterocycles. The molecule has 1 aliphatic heterocycles. The van der Waals surface area contributed by atoms with E-state index < -0.39 is 0 Å². The summed E-state index contributed by atoms with van der Waals surface area (Å²) in [5.41, 5.74) is 1.28. The van der Waals surface area contributed by atoms with Gasteiger partial charge >= 0.3 is 0 Å². The van der Waals surface area contributed by atoms with Gasteiger partial charge in [-0.3, -0.25) is 4.99 Å². The zero-order valence-corrected chi connectivity index (χ0v) is 16.2. The summed E-state index contributed by atoms with van der Waals surface area (Å²) in [6.07, 6.45) is 2.39. The first kappa shape index (κ1) is 19.7. The molecule has 0 bridgehead atoms. The lowest BCUT2D eigenvalue weighted by atomic mass is 10.1. The number of likely N-dealkylation sites (N-methyl/N-ethyl adjacent to an activating group) is 1. The van der Waals surface area contributed by atoms with Gasteiger partial charge in [-0.25, -0.2) is 0 Å².